The number of benzene rings is 1. The molecule has 2 aromatic heterocycles. The Kier molecular flexibility index (Phi) is 2.77. The van der Waals surface area contributed by atoms with Crippen LogP contribution >= 0.6 is 34.3 Å². The van der Waals surface area contributed by atoms with E-state index in [-0.39, 0.29) is 12.4 Å². The summed E-state index contributed by atoms with van der Waals surface area (Å²) < 4.78 is 4.45. The van der Waals surface area contributed by atoms with Gasteiger partial charge in [-0.15, -0.1) is 0 Å². The van der Waals surface area contributed by atoms with Gasteiger partial charge in [-0.05, 0) is 12.1 Å². The molecule has 3 aromatic rings. The van der Waals surface area contributed by atoms with E-state index in [0.29, 0.717) is 0 Å². The topological polar surface area (TPSA) is 30.1 Å². The van der Waals surface area contributed by atoms with Gasteiger partial charge in [-0.2, -0.15) is 4.40 Å². The smallest absolute Gasteiger partial charge is 0.289 e. The molecular weight excluding hydrogens is 271 g/mol. The minimum atomic E-state index is 0. The fraction of sp³-hybridized carbons (Fsp3) is 0. The first kappa shape index (κ1) is 11.0. The fourth-order valence-corrected chi connectivity index (χ4v) is 3.76. The number of halogens is 2. The molecule has 2 N–H and O–H groups in total. The van der Waals surface area contributed by atoms with Gasteiger partial charge in [-0.25, -0.2) is 0 Å². The second-order valence-corrected chi connectivity index (χ2v) is 5.56. The van der Waals surface area contributed by atoms with Crippen LogP contribution in [0.2, 0.25) is 5.02 Å². The quantitative estimate of drug-likeness (QED) is 0.573. The van der Waals surface area contributed by atoms with Crippen LogP contribution in [-0.2, 0) is 0 Å². The number of rotatable bonds is 0. The van der Waals surface area contributed by atoms with Crippen molar-refractivity contribution in [2.24, 2.45) is 0 Å². The molecule has 0 saturated carbocycles. The molecule has 0 radical (unpaired) electrons. The Morgan fingerprint density at radius 2 is 2.13 bits per heavy atom. The maximum Gasteiger partial charge on any atom is 0.289 e. The molecule has 78 valence electrons. The van der Waals surface area contributed by atoms with E-state index in [0.717, 1.165) is 16.4 Å². The van der Waals surface area contributed by atoms with Gasteiger partial charge in [0.1, 0.15) is 0 Å². The molecule has 0 atom stereocenters. The Morgan fingerprint density at radius 1 is 1.33 bits per heavy atom. The van der Waals surface area contributed by atoms with Crippen LogP contribution in [0.4, 0.5) is 5.82 Å². The molecule has 2 heterocycles. The van der Waals surface area contributed by atoms with Crippen molar-refractivity contribution >= 4 is 54.5 Å². The number of nitrogen functional groups attached to an aromatic ring is 1. The maximum absolute atomic E-state index is 5.95. The minimum Gasteiger partial charge on any atom is -1.00 e. The Balaban J connectivity index is 0.000000853. The summed E-state index contributed by atoms with van der Waals surface area (Å²) in [5, 5.41) is 2.70. The second-order valence-electron chi connectivity index (χ2n) is 2.98. The number of nitrogens with two attached hydrogens (primary N) is 1. The molecule has 3 rings (SSSR count). The Morgan fingerprint density at radius 3 is 2.93 bits per heavy atom. The Bertz CT molecular complexity index is 629. The molecule has 15 heavy (non-hydrogen) atoms. The van der Waals surface area contributed by atoms with Crippen LogP contribution in [-0.4, -0.2) is 0 Å². The molecule has 2 nitrogen and oxygen atoms in total. The predicted molar refractivity (Wildman–Crippen MR) is 62.3 cm³/mol. The molecule has 0 spiro atoms. The van der Waals surface area contributed by atoms with Crippen molar-refractivity contribution in [3.05, 3.63) is 28.6 Å². The zero-order valence-corrected chi connectivity index (χ0v) is 10.6. The standard InChI is InChI=1S/C9H6ClN2S2.ClH/c10-5-1-2-7-6(3-5)12-8(11)4-13-9(12)14-7;/h1-4H,11H2;1H/q+1;/p-1. The lowest BCUT2D eigenvalue weighted by atomic mass is 10.3. The van der Waals surface area contributed by atoms with Crippen LogP contribution in [0.5, 0.6) is 0 Å². The van der Waals surface area contributed by atoms with Gasteiger partial charge in [0.2, 0.25) is 4.14 Å². The first-order chi connectivity index (χ1) is 6.75. The molecule has 0 amide bonds. The van der Waals surface area contributed by atoms with Gasteiger partial charge in [-0.3, -0.25) is 5.73 Å². The summed E-state index contributed by atoms with van der Waals surface area (Å²) in [4.78, 5) is 0. The molecule has 1 aromatic carbocycles. The molecule has 6 heteroatoms. The fourth-order valence-electron chi connectivity index (χ4n) is 1.47. The summed E-state index contributed by atoms with van der Waals surface area (Å²) in [6.07, 6.45) is 0. The van der Waals surface area contributed by atoms with Gasteiger partial charge in [0.05, 0.1) is 10.1 Å². The number of nitrogens with zero attached hydrogens (tertiary/aromatic N) is 1. The van der Waals surface area contributed by atoms with E-state index in [1.54, 1.807) is 22.7 Å². The van der Waals surface area contributed by atoms with Crippen LogP contribution < -0.4 is 22.5 Å². The maximum atomic E-state index is 5.95. The van der Waals surface area contributed by atoms with E-state index in [9.17, 15) is 0 Å². The third kappa shape index (κ3) is 1.58. The zero-order valence-electron chi connectivity index (χ0n) is 7.41. The highest BCUT2D eigenvalue weighted by atomic mass is 35.5. The van der Waals surface area contributed by atoms with Crippen molar-refractivity contribution in [1.82, 2.24) is 0 Å². The number of fused-ring (bicyclic) bond motifs is 3. The van der Waals surface area contributed by atoms with Crippen LogP contribution in [0, 0.1) is 0 Å². The molecule has 0 aliphatic rings. The molecule has 0 fully saturated rings. The van der Waals surface area contributed by atoms with Crippen LogP contribution in [0.3, 0.4) is 0 Å². The summed E-state index contributed by atoms with van der Waals surface area (Å²) >= 11 is 9.34. The van der Waals surface area contributed by atoms with E-state index in [1.807, 2.05) is 28.0 Å². The third-order valence-corrected chi connectivity index (χ3v) is 4.52. The highest BCUT2D eigenvalue weighted by Gasteiger charge is 2.14. The van der Waals surface area contributed by atoms with Gasteiger partial charge in [0.15, 0.2) is 5.52 Å². The third-order valence-electron chi connectivity index (χ3n) is 2.08. The van der Waals surface area contributed by atoms with E-state index >= 15 is 0 Å². The van der Waals surface area contributed by atoms with Crippen LogP contribution in [0.15, 0.2) is 23.6 Å². The van der Waals surface area contributed by atoms with Gasteiger partial charge < -0.3 is 12.4 Å². The number of anilines is 1. The van der Waals surface area contributed by atoms with Crippen molar-refractivity contribution in [1.29, 1.82) is 0 Å². The first-order valence-electron chi connectivity index (χ1n) is 4.02. The number of hydrogen-bond donors (Lipinski definition) is 1. The Hall–Kier alpha value is -0.550. The molecule has 0 aliphatic heterocycles. The summed E-state index contributed by atoms with van der Waals surface area (Å²) in [6, 6.07) is 5.88. The summed E-state index contributed by atoms with van der Waals surface area (Å²) in [5.74, 6) is 0.776. The SMILES string of the molecule is Nc1csc2sc3ccc(Cl)cc3[n+]12.[Cl-]. The van der Waals surface area contributed by atoms with Crippen LogP contribution in [0.25, 0.3) is 14.4 Å². The summed E-state index contributed by atoms with van der Waals surface area (Å²) in [5.41, 5.74) is 6.97. The molecule has 0 bridgehead atoms. The van der Waals surface area contributed by atoms with Crippen molar-refractivity contribution < 1.29 is 16.8 Å². The van der Waals surface area contributed by atoms with Gasteiger partial charge >= 0.3 is 0 Å². The summed E-state index contributed by atoms with van der Waals surface area (Å²) in [6.45, 7) is 0. The average Bonchev–Trinajstić information content (AvgIpc) is 2.67. The normalized spacial score (nSPS) is 10.7. The second kappa shape index (κ2) is 3.79. The molecular formula is C9H6Cl2N2S2. The largest absolute Gasteiger partial charge is 1.00 e. The Labute approximate surface area is 105 Å². The molecule has 0 saturated heterocycles. The highest BCUT2D eigenvalue weighted by molar-refractivity contribution is 7.38. The lowest BCUT2D eigenvalue weighted by molar-refractivity contribution is -0.456. The van der Waals surface area contributed by atoms with Crippen molar-refractivity contribution in [3.63, 3.8) is 0 Å². The van der Waals surface area contributed by atoms with Crippen molar-refractivity contribution in [2.75, 3.05) is 5.73 Å². The predicted octanol–water partition coefficient (Wildman–Crippen LogP) is -0.0589. The van der Waals surface area contributed by atoms with Crippen molar-refractivity contribution in [2.45, 2.75) is 0 Å². The van der Waals surface area contributed by atoms with E-state index in [2.05, 4.69) is 0 Å². The highest BCUT2D eigenvalue weighted by Crippen LogP contribution is 2.28. The van der Waals surface area contributed by atoms with Crippen molar-refractivity contribution in [3.8, 4) is 0 Å². The molecule has 0 unspecified atom stereocenters. The summed E-state index contributed by atoms with van der Waals surface area (Å²) in [7, 11) is 0. The van der Waals surface area contributed by atoms with E-state index in [1.165, 1.54) is 8.84 Å². The lowest BCUT2D eigenvalue weighted by Gasteiger charge is -1.88. The number of aromatic nitrogens is 1. The number of hydrogen-bond acceptors (Lipinski definition) is 3. The molecule has 0 aliphatic carbocycles. The van der Waals surface area contributed by atoms with E-state index in [4.69, 9.17) is 17.3 Å². The lowest BCUT2D eigenvalue weighted by Crippen LogP contribution is -3.00. The zero-order chi connectivity index (χ0) is 9.71. The van der Waals surface area contributed by atoms with Gasteiger partial charge in [0.25, 0.3) is 5.82 Å². The number of thiazole rings is 2. The van der Waals surface area contributed by atoms with Crippen LogP contribution in [0.1, 0.15) is 0 Å². The first-order valence-corrected chi connectivity index (χ1v) is 6.10. The average molecular weight is 277 g/mol. The van der Waals surface area contributed by atoms with E-state index < -0.39 is 0 Å². The van der Waals surface area contributed by atoms with Gasteiger partial charge in [0, 0.05) is 11.1 Å². The minimum absolute atomic E-state index is 0. The monoisotopic (exact) mass is 276 g/mol. The van der Waals surface area contributed by atoms with Gasteiger partial charge in [-0.1, -0.05) is 34.3 Å².